The molecule has 0 amide bonds. The smallest absolute Gasteiger partial charge is 0.223 e. The summed E-state index contributed by atoms with van der Waals surface area (Å²) >= 11 is 0. The van der Waals surface area contributed by atoms with E-state index in [1.807, 2.05) is 36.4 Å². The lowest BCUT2D eigenvalue weighted by molar-refractivity contribution is 0.429. The Morgan fingerprint density at radius 3 is 2.59 bits per heavy atom. The van der Waals surface area contributed by atoms with Crippen molar-refractivity contribution in [3.05, 3.63) is 54.2 Å². The molecule has 2 aromatic rings. The molecule has 1 aromatic heterocycles. The van der Waals surface area contributed by atoms with Gasteiger partial charge in [-0.25, -0.2) is 17.7 Å². The average Bonchev–Trinajstić information content (AvgIpc) is 3.35. The lowest BCUT2D eigenvalue weighted by Crippen LogP contribution is -2.29. The first-order valence-corrected chi connectivity index (χ1v) is 8.69. The third-order valence-corrected chi connectivity index (χ3v) is 5.89. The Balaban J connectivity index is 1.79. The third kappa shape index (κ3) is 3.28. The summed E-state index contributed by atoms with van der Waals surface area (Å²) in [4.78, 5) is 4.23. The first-order chi connectivity index (χ1) is 10.6. The van der Waals surface area contributed by atoms with E-state index in [4.69, 9.17) is 4.74 Å². The van der Waals surface area contributed by atoms with Crippen molar-refractivity contribution in [2.75, 3.05) is 7.05 Å². The molecule has 0 aliphatic heterocycles. The van der Waals surface area contributed by atoms with Crippen LogP contribution in [0.2, 0.25) is 0 Å². The molecule has 1 heterocycles. The van der Waals surface area contributed by atoms with Gasteiger partial charge < -0.3 is 4.74 Å². The summed E-state index contributed by atoms with van der Waals surface area (Å²) in [7, 11) is -1.60. The first kappa shape index (κ1) is 15.0. The maximum atomic E-state index is 12.2. The monoisotopic (exact) mass is 318 g/mol. The molecule has 1 aliphatic carbocycles. The second kappa shape index (κ2) is 6.06. The van der Waals surface area contributed by atoms with Crippen LogP contribution in [-0.2, 0) is 16.6 Å². The molecule has 0 bridgehead atoms. The predicted octanol–water partition coefficient (Wildman–Crippen LogP) is 2.80. The molecular weight excluding hydrogens is 300 g/mol. The summed E-state index contributed by atoms with van der Waals surface area (Å²) in [5.41, 5.74) is 0.748. The van der Waals surface area contributed by atoms with Crippen LogP contribution in [0.4, 0.5) is 0 Å². The number of sulfonamides is 1. The van der Waals surface area contributed by atoms with Gasteiger partial charge in [-0.05, 0) is 31.0 Å². The average molecular weight is 318 g/mol. The number of nitrogens with zero attached hydrogens (tertiary/aromatic N) is 2. The number of para-hydroxylation sites is 1. The van der Waals surface area contributed by atoms with Crippen LogP contribution in [0.15, 0.2) is 48.7 Å². The van der Waals surface area contributed by atoms with E-state index in [0.29, 0.717) is 11.6 Å². The van der Waals surface area contributed by atoms with Crippen molar-refractivity contribution in [2.24, 2.45) is 0 Å². The largest absolute Gasteiger partial charge is 0.439 e. The fourth-order valence-corrected chi connectivity index (χ4v) is 3.75. The predicted molar refractivity (Wildman–Crippen MR) is 84.2 cm³/mol. The Labute approximate surface area is 130 Å². The molecule has 0 N–H and O–H groups in total. The van der Waals surface area contributed by atoms with Crippen LogP contribution in [0.1, 0.15) is 18.4 Å². The Kier molecular flexibility index (Phi) is 4.13. The van der Waals surface area contributed by atoms with Crippen molar-refractivity contribution in [3.8, 4) is 11.6 Å². The fraction of sp³-hybridized carbons (Fsp3) is 0.312. The maximum absolute atomic E-state index is 12.2. The quantitative estimate of drug-likeness (QED) is 0.822. The van der Waals surface area contributed by atoms with Gasteiger partial charge in [0.1, 0.15) is 5.75 Å². The number of pyridine rings is 1. The van der Waals surface area contributed by atoms with Gasteiger partial charge in [0.2, 0.25) is 15.9 Å². The third-order valence-electron chi connectivity index (χ3n) is 3.58. The minimum atomic E-state index is -3.20. The Morgan fingerprint density at radius 1 is 1.18 bits per heavy atom. The lowest BCUT2D eigenvalue weighted by Gasteiger charge is -2.18. The van der Waals surface area contributed by atoms with E-state index in [9.17, 15) is 8.42 Å². The molecular formula is C16H18N2O3S. The summed E-state index contributed by atoms with van der Waals surface area (Å²) in [6.07, 6.45) is 3.15. The molecule has 22 heavy (non-hydrogen) atoms. The molecule has 1 saturated carbocycles. The SMILES string of the molecule is CN(Cc1cccnc1Oc1ccccc1)S(=O)(=O)C1CC1. The van der Waals surface area contributed by atoms with Crippen LogP contribution in [0, 0.1) is 0 Å². The van der Waals surface area contributed by atoms with Crippen LogP contribution in [-0.4, -0.2) is 30.0 Å². The van der Waals surface area contributed by atoms with Crippen molar-refractivity contribution in [3.63, 3.8) is 0 Å². The summed E-state index contributed by atoms with van der Waals surface area (Å²) < 4.78 is 31.6. The normalized spacial score (nSPS) is 15.0. The van der Waals surface area contributed by atoms with Gasteiger partial charge in [0, 0.05) is 25.4 Å². The van der Waals surface area contributed by atoms with E-state index in [1.165, 1.54) is 4.31 Å². The van der Waals surface area contributed by atoms with Gasteiger partial charge in [-0.15, -0.1) is 0 Å². The van der Waals surface area contributed by atoms with E-state index in [0.717, 1.165) is 18.4 Å². The molecule has 0 saturated heterocycles. The molecule has 0 spiro atoms. The first-order valence-electron chi connectivity index (χ1n) is 7.19. The van der Waals surface area contributed by atoms with E-state index >= 15 is 0 Å². The molecule has 0 radical (unpaired) electrons. The number of rotatable bonds is 6. The zero-order valence-electron chi connectivity index (χ0n) is 12.3. The van der Waals surface area contributed by atoms with E-state index in [-0.39, 0.29) is 11.8 Å². The van der Waals surface area contributed by atoms with E-state index in [1.54, 1.807) is 19.3 Å². The summed E-state index contributed by atoms with van der Waals surface area (Å²) in [5.74, 6) is 1.11. The van der Waals surface area contributed by atoms with Crippen molar-refractivity contribution >= 4 is 10.0 Å². The number of benzene rings is 1. The lowest BCUT2D eigenvalue weighted by atomic mass is 10.2. The highest BCUT2D eigenvalue weighted by molar-refractivity contribution is 7.90. The van der Waals surface area contributed by atoms with E-state index < -0.39 is 10.0 Å². The zero-order valence-corrected chi connectivity index (χ0v) is 13.2. The van der Waals surface area contributed by atoms with Crippen molar-refractivity contribution < 1.29 is 13.2 Å². The molecule has 1 fully saturated rings. The second-order valence-corrected chi connectivity index (χ2v) is 7.70. The van der Waals surface area contributed by atoms with Gasteiger partial charge in [-0.1, -0.05) is 24.3 Å². The molecule has 0 unspecified atom stereocenters. The molecule has 1 aliphatic rings. The highest BCUT2D eigenvalue weighted by Gasteiger charge is 2.38. The van der Waals surface area contributed by atoms with Crippen LogP contribution in [0.25, 0.3) is 0 Å². The van der Waals surface area contributed by atoms with Crippen molar-refractivity contribution in [1.29, 1.82) is 0 Å². The number of aromatic nitrogens is 1. The van der Waals surface area contributed by atoms with Crippen LogP contribution >= 0.6 is 0 Å². The van der Waals surface area contributed by atoms with Crippen LogP contribution in [0.5, 0.6) is 11.6 Å². The number of hydrogen-bond acceptors (Lipinski definition) is 4. The highest BCUT2D eigenvalue weighted by atomic mass is 32.2. The van der Waals surface area contributed by atoms with Gasteiger partial charge in [0.05, 0.1) is 5.25 Å². The highest BCUT2D eigenvalue weighted by Crippen LogP contribution is 2.32. The Morgan fingerprint density at radius 2 is 1.91 bits per heavy atom. The Hall–Kier alpha value is -1.92. The van der Waals surface area contributed by atoms with Gasteiger partial charge in [0.25, 0.3) is 0 Å². The summed E-state index contributed by atoms with van der Waals surface area (Å²) in [6.45, 7) is 0.259. The van der Waals surface area contributed by atoms with E-state index in [2.05, 4.69) is 4.98 Å². The molecule has 1 aromatic carbocycles. The molecule has 0 atom stereocenters. The van der Waals surface area contributed by atoms with Gasteiger partial charge in [-0.3, -0.25) is 0 Å². The maximum Gasteiger partial charge on any atom is 0.223 e. The number of ether oxygens (including phenoxy) is 1. The minimum absolute atomic E-state index is 0.215. The standard InChI is InChI=1S/C16H18N2O3S/c1-18(22(19,20)15-9-10-15)12-13-6-5-11-17-16(13)21-14-7-3-2-4-8-14/h2-8,11,15H,9-10,12H2,1H3. The zero-order chi connectivity index (χ0) is 15.6. The molecule has 3 rings (SSSR count). The van der Waals surface area contributed by atoms with Gasteiger partial charge in [0.15, 0.2) is 0 Å². The topological polar surface area (TPSA) is 59.5 Å². The van der Waals surface area contributed by atoms with Crippen LogP contribution in [0.3, 0.4) is 0 Å². The van der Waals surface area contributed by atoms with Crippen molar-refractivity contribution in [1.82, 2.24) is 9.29 Å². The Bertz CT molecular complexity index is 743. The molecule has 116 valence electrons. The fourth-order valence-electron chi connectivity index (χ4n) is 2.19. The summed E-state index contributed by atoms with van der Waals surface area (Å²) in [6, 6.07) is 13.0. The second-order valence-electron chi connectivity index (χ2n) is 5.38. The van der Waals surface area contributed by atoms with Gasteiger partial charge >= 0.3 is 0 Å². The van der Waals surface area contributed by atoms with Crippen molar-refractivity contribution in [2.45, 2.75) is 24.6 Å². The molecule has 5 nitrogen and oxygen atoms in total. The molecule has 6 heteroatoms. The van der Waals surface area contributed by atoms with Gasteiger partial charge in [-0.2, -0.15) is 0 Å². The van der Waals surface area contributed by atoms with Crippen LogP contribution < -0.4 is 4.74 Å². The number of hydrogen-bond donors (Lipinski definition) is 0. The minimum Gasteiger partial charge on any atom is -0.439 e. The summed E-state index contributed by atoms with van der Waals surface area (Å²) in [5, 5.41) is -0.215.